The molecular formula is C18H18N2S. The number of benzene rings is 1. The number of nitrogens with zero attached hydrogens (tertiary/aromatic N) is 1. The maximum atomic E-state index is 5.84. The molecule has 0 amide bonds. The summed E-state index contributed by atoms with van der Waals surface area (Å²) in [6.45, 7) is 4.32. The van der Waals surface area contributed by atoms with Crippen molar-refractivity contribution in [1.29, 1.82) is 0 Å². The second-order valence-corrected chi connectivity index (χ2v) is 6.28. The van der Waals surface area contributed by atoms with Crippen LogP contribution in [0.3, 0.4) is 0 Å². The van der Waals surface area contributed by atoms with E-state index in [2.05, 4.69) is 49.2 Å². The van der Waals surface area contributed by atoms with Crippen LogP contribution in [0.4, 0.5) is 5.82 Å². The Bertz CT molecular complexity index is 711. The summed E-state index contributed by atoms with van der Waals surface area (Å²) in [6, 6.07) is 14.9. The average Bonchev–Trinajstić information content (AvgIpc) is 2.91. The number of nitrogen functional groups attached to an aromatic ring is 1. The van der Waals surface area contributed by atoms with Crippen LogP contribution >= 0.6 is 11.3 Å². The summed E-state index contributed by atoms with van der Waals surface area (Å²) in [5.74, 6) is 0.564. The minimum atomic E-state index is 0.564. The fourth-order valence-corrected chi connectivity index (χ4v) is 3.56. The van der Waals surface area contributed by atoms with Gasteiger partial charge in [-0.3, -0.25) is 0 Å². The molecule has 1 aromatic carbocycles. The largest absolute Gasteiger partial charge is 0.384 e. The Hall–Kier alpha value is -2.13. The zero-order valence-corrected chi connectivity index (χ0v) is 13.1. The molecule has 0 atom stereocenters. The van der Waals surface area contributed by atoms with Gasteiger partial charge in [0, 0.05) is 21.5 Å². The number of nitrogens with two attached hydrogens (primary N) is 1. The van der Waals surface area contributed by atoms with Crippen molar-refractivity contribution < 1.29 is 0 Å². The van der Waals surface area contributed by atoms with Crippen LogP contribution in [0.15, 0.2) is 48.7 Å². The lowest BCUT2D eigenvalue weighted by Crippen LogP contribution is -1.89. The predicted octanol–water partition coefficient (Wildman–Crippen LogP) is 4.93. The molecule has 2 aromatic heterocycles. The minimum absolute atomic E-state index is 0.564. The van der Waals surface area contributed by atoms with E-state index >= 15 is 0 Å². The second-order valence-electron chi connectivity index (χ2n) is 5.15. The van der Waals surface area contributed by atoms with E-state index in [0.717, 1.165) is 12.0 Å². The Balaban J connectivity index is 2.18. The molecule has 0 saturated carbocycles. The summed E-state index contributed by atoms with van der Waals surface area (Å²) in [4.78, 5) is 6.75. The molecule has 0 radical (unpaired) electrons. The van der Waals surface area contributed by atoms with Crippen LogP contribution in [0.25, 0.3) is 21.6 Å². The van der Waals surface area contributed by atoms with Gasteiger partial charge in [0.05, 0.1) is 0 Å². The Morgan fingerprint density at radius 2 is 1.95 bits per heavy atom. The zero-order valence-electron chi connectivity index (χ0n) is 12.3. The molecule has 106 valence electrons. The first-order chi connectivity index (χ1) is 10.2. The fraction of sp³-hybridized carbons (Fsp3) is 0.167. The Labute approximate surface area is 129 Å². The van der Waals surface area contributed by atoms with E-state index in [1.165, 1.54) is 26.4 Å². The SMILES string of the molecule is CCc1cc(-c2cccc(C)c2)c(-c2ccnc(N)c2)s1. The second kappa shape index (κ2) is 5.70. The average molecular weight is 294 g/mol. The quantitative estimate of drug-likeness (QED) is 0.744. The normalized spacial score (nSPS) is 10.8. The lowest BCUT2D eigenvalue weighted by atomic mass is 10.0. The molecule has 3 heteroatoms. The number of hydrogen-bond acceptors (Lipinski definition) is 3. The molecule has 3 rings (SSSR count). The fourth-order valence-electron chi connectivity index (χ4n) is 2.45. The van der Waals surface area contributed by atoms with Crippen molar-refractivity contribution in [1.82, 2.24) is 4.98 Å². The molecule has 2 N–H and O–H groups in total. The van der Waals surface area contributed by atoms with E-state index in [0.29, 0.717) is 5.82 Å². The first-order valence-electron chi connectivity index (χ1n) is 7.09. The number of anilines is 1. The molecule has 2 heterocycles. The van der Waals surface area contributed by atoms with Crippen molar-refractivity contribution in [2.45, 2.75) is 20.3 Å². The summed E-state index contributed by atoms with van der Waals surface area (Å²) < 4.78 is 0. The summed E-state index contributed by atoms with van der Waals surface area (Å²) in [7, 11) is 0. The van der Waals surface area contributed by atoms with Gasteiger partial charge < -0.3 is 5.73 Å². The first kappa shape index (κ1) is 13.8. The third-order valence-electron chi connectivity index (χ3n) is 3.50. The van der Waals surface area contributed by atoms with Crippen molar-refractivity contribution in [2.75, 3.05) is 5.73 Å². The molecule has 0 aliphatic carbocycles. The van der Waals surface area contributed by atoms with Gasteiger partial charge in [0.1, 0.15) is 5.82 Å². The molecule has 0 bridgehead atoms. The first-order valence-corrected chi connectivity index (χ1v) is 7.90. The topological polar surface area (TPSA) is 38.9 Å². The molecule has 3 aromatic rings. The lowest BCUT2D eigenvalue weighted by molar-refractivity contribution is 1.19. The van der Waals surface area contributed by atoms with Crippen molar-refractivity contribution >= 4 is 17.2 Å². The standard InChI is InChI=1S/C18H18N2S/c1-3-15-11-16(13-6-4-5-12(2)9-13)18(21-15)14-7-8-20-17(19)10-14/h4-11H,3H2,1-2H3,(H2,19,20). The van der Waals surface area contributed by atoms with Crippen LogP contribution in [0.2, 0.25) is 0 Å². The summed E-state index contributed by atoms with van der Waals surface area (Å²) in [6.07, 6.45) is 2.82. The van der Waals surface area contributed by atoms with E-state index < -0.39 is 0 Å². The van der Waals surface area contributed by atoms with E-state index in [4.69, 9.17) is 5.73 Å². The molecule has 21 heavy (non-hydrogen) atoms. The molecule has 0 aliphatic heterocycles. The Morgan fingerprint density at radius 1 is 1.10 bits per heavy atom. The lowest BCUT2D eigenvalue weighted by Gasteiger charge is -2.06. The minimum Gasteiger partial charge on any atom is -0.384 e. The molecule has 0 saturated heterocycles. The highest BCUT2D eigenvalue weighted by atomic mass is 32.1. The molecule has 0 unspecified atom stereocenters. The highest BCUT2D eigenvalue weighted by molar-refractivity contribution is 7.16. The highest BCUT2D eigenvalue weighted by Crippen LogP contribution is 2.40. The maximum absolute atomic E-state index is 5.84. The number of aryl methyl sites for hydroxylation is 2. The number of rotatable bonds is 3. The van der Waals surface area contributed by atoms with Crippen LogP contribution in [0.5, 0.6) is 0 Å². The van der Waals surface area contributed by atoms with Crippen LogP contribution in [0, 0.1) is 6.92 Å². The third-order valence-corrected chi connectivity index (χ3v) is 4.83. The molecular weight excluding hydrogens is 276 g/mol. The van der Waals surface area contributed by atoms with Gasteiger partial charge in [-0.25, -0.2) is 4.98 Å². The summed E-state index contributed by atoms with van der Waals surface area (Å²) in [5, 5.41) is 0. The van der Waals surface area contributed by atoms with Crippen molar-refractivity contribution in [3.05, 3.63) is 59.1 Å². The van der Waals surface area contributed by atoms with Gasteiger partial charge in [0.2, 0.25) is 0 Å². The Kier molecular flexibility index (Phi) is 3.76. The van der Waals surface area contributed by atoms with Crippen molar-refractivity contribution in [3.8, 4) is 21.6 Å². The van der Waals surface area contributed by atoms with Gasteiger partial charge in [-0.1, -0.05) is 36.8 Å². The maximum Gasteiger partial charge on any atom is 0.123 e. The predicted molar refractivity (Wildman–Crippen MR) is 91.5 cm³/mol. The van der Waals surface area contributed by atoms with Crippen LogP contribution in [-0.2, 0) is 6.42 Å². The van der Waals surface area contributed by atoms with Gasteiger partial charge in [0.15, 0.2) is 0 Å². The van der Waals surface area contributed by atoms with E-state index in [-0.39, 0.29) is 0 Å². The van der Waals surface area contributed by atoms with Crippen LogP contribution in [-0.4, -0.2) is 4.98 Å². The summed E-state index contributed by atoms with van der Waals surface area (Å²) in [5.41, 5.74) is 10.8. The van der Waals surface area contributed by atoms with Gasteiger partial charge in [-0.2, -0.15) is 0 Å². The van der Waals surface area contributed by atoms with E-state index in [1.807, 2.05) is 23.5 Å². The number of pyridine rings is 1. The highest BCUT2D eigenvalue weighted by Gasteiger charge is 2.13. The van der Waals surface area contributed by atoms with Gasteiger partial charge in [-0.05, 0) is 42.7 Å². The zero-order chi connectivity index (χ0) is 14.8. The van der Waals surface area contributed by atoms with Gasteiger partial charge in [-0.15, -0.1) is 11.3 Å². The molecule has 0 spiro atoms. The molecule has 2 nitrogen and oxygen atoms in total. The van der Waals surface area contributed by atoms with Crippen molar-refractivity contribution in [3.63, 3.8) is 0 Å². The third kappa shape index (κ3) is 2.83. The number of aromatic nitrogens is 1. The summed E-state index contributed by atoms with van der Waals surface area (Å²) >= 11 is 1.84. The molecule has 0 aliphatic rings. The van der Waals surface area contributed by atoms with Crippen LogP contribution in [0.1, 0.15) is 17.4 Å². The van der Waals surface area contributed by atoms with Crippen LogP contribution < -0.4 is 5.73 Å². The van der Waals surface area contributed by atoms with E-state index in [1.54, 1.807) is 6.20 Å². The van der Waals surface area contributed by atoms with E-state index in [9.17, 15) is 0 Å². The molecule has 0 fully saturated rings. The number of hydrogen-bond donors (Lipinski definition) is 1. The number of thiophene rings is 1. The van der Waals surface area contributed by atoms with Gasteiger partial charge >= 0.3 is 0 Å². The van der Waals surface area contributed by atoms with Gasteiger partial charge in [0.25, 0.3) is 0 Å². The van der Waals surface area contributed by atoms with Crippen molar-refractivity contribution in [2.24, 2.45) is 0 Å². The monoisotopic (exact) mass is 294 g/mol. The Morgan fingerprint density at radius 3 is 2.67 bits per heavy atom. The smallest absolute Gasteiger partial charge is 0.123 e.